The van der Waals surface area contributed by atoms with Crippen LogP contribution in [0.3, 0.4) is 0 Å². The van der Waals surface area contributed by atoms with Crippen molar-refractivity contribution in [2.75, 3.05) is 12.4 Å². The van der Waals surface area contributed by atoms with Crippen LogP contribution in [0, 0.1) is 17.8 Å². The molecule has 2 saturated carbocycles. The average molecular weight is 355 g/mol. The molecule has 0 bridgehead atoms. The Balaban J connectivity index is 1.39. The van der Waals surface area contributed by atoms with Crippen LogP contribution < -0.4 is 15.8 Å². The van der Waals surface area contributed by atoms with Gasteiger partial charge in [0.1, 0.15) is 0 Å². The van der Waals surface area contributed by atoms with Gasteiger partial charge in [0.2, 0.25) is 11.8 Å². The Hall–Kier alpha value is -2.41. The van der Waals surface area contributed by atoms with E-state index in [4.69, 9.17) is 10.5 Å². The van der Waals surface area contributed by atoms with Crippen LogP contribution in [0.4, 0.5) is 5.82 Å². The molecule has 1 amide bonds. The van der Waals surface area contributed by atoms with E-state index in [1.165, 1.54) is 25.7 Å². The van der Waals surface area contributed by atoms with Crippen molar-refractivity contribution in [2.45, 2.75) is 38.3 Å². The van der Waals surface area contributed by atoms with E-state index in [0.717, 1.165) is 5.56 Å². The minimum Gasteiger partial charge on any atom is -0.481 e. The van der Waals surface area contributed by atoms with Gasteiger partial charge < -0.3 is 20.4 Å². The van der Waals surface area contributed by atoms with E-state index in [1.807, 2.05) is 16.7 Å². The Bertz CT molecular complexity index is 770. The van der Waals surface area contributed by atoms with Gasteiger partial charge in [-0.2, -0.15) is 0 Å². The summed E-state index contributed by atoms with van der Waals surface area (Å²) in [6, 6.07) is 3.38. The van der Waals surface area contributed by atoms with Crippen molar-refractivity contribution in [3.8, 4) is 5.88 Å². The van der Waals surface area contributed by atoms with Crippen molar-refractivity contribution >= 4 is 11.7 Å². The fourth-order valence-electron chi connectivity index (χ4n) is 3.75. The molecule has 2 aliphatic carbocycles. The Morgan fingerprint density at radius 3 is 2.73 bits per heavy atom. The number of pyridine rings is 1. The fourth-order valence-corrected chi connectivity index (χ4v) is 3.75. The minimum atomic E-state index is -0.446. The van der Waals surface area contributed by atoms with E-state index >= 15 is 0 Å². The Kier molecular flexibility index (Phi) is 4.63. The molecule has 0 aliphatic heterocycles. The maximum Gasteiger partial charge on any atom is 0.242 e. The van der Waals surface area contributed by atoms with E-state index in [9.17, 15) is 4.79 Å². The maximum absolute atomic E-state index is 12.6. The number of nitrogens with two attached hydrogens (primary N) is 1. The normalized spacial score (nSPS) is 18.0. The number of amides is 1. The number of nitrogens with zero attached hydrogens (tertiary/aromatic N) is 3. The number of aromatic nitrogens is 3. The van der Waals surface area contributed by atoms with Gasteiger partial charge in [0.05, 0.1) is 26.0 Å². The van der Waals surface area contributed by atoms with Crippen LogP contribution in [0.2, 0.25) is 0 Å². The molecule has 138 valence electrons. The van der Waals surface area contributed by atoms with Crippen LogP contribution in [0.15, 0.2) is 30.9 Å². The smallest absolute Gasteiger partial charge is 0.242 e. The third-order valence-corrected chi connectivity index (χ3v) is 5.33. The molecule has 0 unspecified atom stereocenters. The first-order valence-corrected chi connectivity index (χ1v) is 9.22. The Morgan fingerprint density at radius 1 is 1.35 bits per heavy atom. The number of imidazole rings is 1. The molecular weight excluding hydrogens is 330 g/mol. The molecule has 2 aromatic rings. The molecule has 2 aliphatic rings. The van der Waals surface area contributed by atoms with Gasteiger partial charge in [-0.1, -0.05) is 6.07 Å². The number of hydrogen-bond acceptors (Lipinski definition) is 5. The summed E-state index contributed by atoms with van der Waals surface area (Å²) < 4.78 is 7.16. The quantitative estimate of drug-likeness (QED) is 0.755. The number of rotatable bonds is 8. The summed E-state index contributed by atoms with van der Waals surface area (Å²) in [5.74, 6) is 2.59. The zero-order chi connectivity index (χ0) is 18.1. The standard InChI is InChI=1S/C19H25N5O2/c1-26-19-14(3-2-8-21-19)9-24-10-15(22-11-24)23-18(25)17(20)16(12-4-5-12)13-6-7-13/h2-3,8,10-13,16-17H,4-7,9,20H2,1H3,(H,23,25)/t17-/m0/s1. The largest absolute Gasteiger partial charge is 0.481 e. The molecule has 26 heavy (non-hydrogen) atoms. The SMILES string of the molecule is COc1ncccc1Cn1cnc(NC(=O)[C@@H](N)C(C2CC2)C2CC2)c1. The Morgan fingerprint density at radius 2 is 2.08 bits per heavy atom. The third kappa shape index (κ3) is 3.72. The highest BCUT2D eigenvalue weighted by atomic mass is 16.5. The summed E-state index contributed by atoms with van der Waals surface area (Å²) in [7, 11) is 1.60. The molecule has 0 radical (unpaired) electrons. The molecule has 7 heteroatoms. The number of hydrogen-bond donors (Lipinski definition) is 2. The van der Waals surface area contributed by atoms with Gasteiger partial charge in [0, 0.05) is 18.0 Å². The number of ether oxygens (including phenoxy) is 1. The van der Waals surface area contributed by atoms with Crippen LogP contribution in [-0.2, 0) is 11.3 Å². The summed E-state index contributed by atoms with van der Waals surface area (Å²) in [6.07, 6.45) is 10.0. The highest BCUT2D eigenvalue weighted by molar-refractivity contribution is 5.94. The van der Waals surface area contributed by atoms with Gasteiger partial charge >= 0.3 is 0 Å². The topological polar surface area (TPSA) is 95.1 Å². The molecule has 4 rings (SSSR count). The lowest BCUT2D eigenvalue weighted by Gasteiger charge is -2.22. The van der Waals surface area contributed by atoms with Crippen LogP contribution in [-0.4, -0.2) is 33.6 Å². The molecule has 3 N–H and O–H groups in total. The van der Waals surface area contributed by atoms with Crippen molar-refractivity contribution in [3.05, 3.63) is 36.4 Å². The first-order valence-electron chi connectivity index (χ1n) is 9.22. The van der Waals surface area contributed by atoms with Gasteiger partial charge in [0.15, 0.2) is 5.82 Å². The second kappa shape index (κ2) is 7.07. The van der Waals surface area contributed by atoms with Crippen molar-refractivity contribution in [3.63, 3.8) is 0 Å². The second-order valence-corrected chi connectivity index (χ2v) is 7.37. The van der Waals surface area contributed by atoms with Gasteiger partial charge in [0.25, 0.3) is 0 Å². The molecule has 2 heterocycles. The van der Waals surface area contributed by atoms with Crippen LogP contribution >= 0.6 is 0 Å². The predicted octanol–water partition coefficient (Wildman–Crippen LogP) is 2.04. The summed E-state index contributed by atoms with van der Waals surface area (Å²) >= 11 is 0. The van der Waals surface area contributed by atoms with Gasteiger partial charge in [-0.3, -0.25) is 4.79 Å². The predicted molar refractivity (Wildman–Crippen MR) is 97.7 cm³/mol. The summed E-state index contributed by atoms with van der Waals surface area (Å²) in [5.41, 5.74) is 7.24. The number of methoxy groups -OCH3 is 1. The lowest BCUT2D eigenvalue weighted by atomic mass is 9.89. The Labute approximate surface area is 153 Å². The highest BCUT2D eigenvalue weighted by Gasteiger charge is 2.46. The minimum absolute atomic E-state index is 0.127. The molecule has 1 atom stereocenters. The molecule has 0 spiro atoms. The fraction of sp³-hybridized carbons (Fsp3) is 0.526. The van der Waals surface area contributed by atoms with E-state index in [2.05, 4.69) is 15.3 Å². The van der Waals surface area contributed by atoms with Crippen molar-refractivity contribution in [1.29, 1.82) is 0 Å². The average Bonchev–Trinajstić information content (AvgIpc) is 3.57. The summed E-state index contributed by atoms with van der Waals surface area (Å²) in [6.45, 7) is 0.568. The first kappa shape index (κ1) is 17.0. The molecule has 0 saturated heterocycles. The van der Waals surface area contributed by atoms with Crippen molar-refractivity contribution in [2.24, 2.45) is 23.5 Å². The number of carbonyl (C=O) groups is 1. The number of nitrogens with one attached hydrogen (secondary N) is 1. The van der Waals surface area contributed by atoms with E-state index in [0.29, 0.717) is 36.0 Å². The van der Waals surface area contributed by atoms with Gasteiger partial charge in [-0.15, -0.1) is 0 Å². The monoisotopic (exact) mass is 355 g/mol. The van der Waals surface area contributed by atoms with E-state index < -0.39 is 6.04 Å². The molecular formula is C19H25N5O2. The molecule has 2 fully saturated rings. The zero-order valence-electron chi connectivity index (χ0n) is 15.0. The molecule has 7 nitrogen and oxygen atoms in total. The molecule has 0 aromatic carbocycles. The lowest BCUT2D eigenvalue weighted by molar-refractivity contribution is -0.118. The van der Waals surface area contributed by atoms with Crippen molar-refractivity contribution < 1.29 is 9.53 Å². The van der Waals surface area contributed by atoms with Crippen LogP contribution in [0.25, 0.3) is 0 Å². The van der Waals surface area contributed by atoms with Crippen LogP contribution in [0.1, 0.15) is 31.2 Å². The number of anilines is 1. The first-order chi connectivity index (χ1) is 12.7. The lowest BCUT2D eigenvalue weighted by Crippen LogP contribution is -2.43. The second-order valence-electron chi connectivity index (χ2n) is 7.37. The van der Waals surface area contributed by atoms with Gasteiger partial charge in [-0.25, -0.2) is 9.97 Å². The maximum atomic E-state index is 12.6. The van der Waals surface area contributed by atoms with Crippen molar-refractivity contribution in [1.82, 2.24) is 14.5 Å². The zero-order valence-corrected chi connectivity index (χ0v) is 15.0. The van der Waals surface area contributed by atoms with Crippen LogP contribution in [0.5, 0.6) is 5.88 Å². The molecule has 2 aromatic heterocycles. The number of carbonyl (C=O) groups excluding carboxylic acids is 1. The highest BCUT2D eigenvalue weighted by Crippen LogP contribution is 2.50. The summed E-state index contributed by atoms with van der Waals surface area (Å²) in [4.78, 5) is 21.0. The van der Waals surface area contributed by atoms with E-state index in [1.54, 1.807) is 25.8 Å². The third-order valence-electron chi connectivity index (χ3n) is 5.33. The van der Waals surface area contributed by atoms with E-state index in [-0.39, 0.29) is 5.91 Å². The van der Waals surface area contributed by atoms with Gasteiger partial charge in [-0.05, 0) is 49.5 Å². The summed E-state index contributed by atoms with van der Waals surface area (Å²) in [5, 5.41) is 2.88.